The number of aromatic nitrogens is 1. The zero-order valence-electron chi connectivity index (χ0n) is 10.4. The van der Waals surface area contributed by atoms with E-state index in [0.717, 1.165) is 20.8 Å². The van der Waals surface area contributed by atoms with Gasteiger partial charge in [-0.15, -0.1) is 11.3 Å². The number of nitrogens with zero attached hydrogens (tertiary/aromatic N) is 1. The molecule has 0 fully saturated rings. The molecule has 20 heavy (non-hydrogen) atoms. The van der Waals surface area contributed by atoms with E-state index in [1.807, 2.05) is 36.6 Å². The lowest BCUT2D eigenvalue weighted by Gasteiger charge is -2.01. The first kappa shape index (κ1) is 13.4. The number of halogens is 1. The lowest BCUT2D eigenvalue weighted by molar-refractivity contribution is 0.262. The molecule has 0 spiro atoms. The quantitative estimate of drug-likeness (QED) is 0.700. The molecule has 0 bridgehead atoms. The van der Waals surface area contributed by atoms with Crippen LogP contribution in [0.15, 0.2) is 29.6 Å². The number of rotatable bonds is 2. The molecule has 3 aromatic rings. The van der Waals surface area contributed by atoms with E-state index in [0.29, 0.717) is 10.2 Å². The summed E-state index contributed by atoms with van der Waals surface area (Å²) in [6.07, 6.45) is 0. The van der Waals surface area contributed by atoms with Crippen molar-refractivity contribution in [3.05, 3.63) is 40.2 Å². The number of amides is 2. The highest BCUT2D eigenvalue weighted by Crippen LogP contribution is 2.31. The molecule has 0 aliphatic heterocycles. The second kappa shape index (κ2) is 5.40. The fourth-order valence-electron chi connectivity index (χ4n) is 1.74. The lowest BCUT2D eigenvalue weighted by atomic mass is 10.2. The summed E-state index contributed by atoms with van der Waals surface area (Å²) >= 11 is 8.95. The summed E-state index contributed by atoms with van der Waals surface area (Å²) in [5, 5.41) is 9.42. The summed E-state index contributed by atoms with van der Waals surface area (Å²) in [4.78, 5) is 16.2. The Balaban J connectivity index is 1.81. The van der Waals surface area contributed by atoms with Crippen LogP contribution in [0.4, 0.5) is 14.9 Å². The first-order valence-corrected chi connectivity index (χ1v) is 7.88. The van der Waals surface area contributed by atoms with Gasteiger partial charge in [-0.2, -0.15) is 0 Å². The number of hydrogen-bond donors (Lipinski definition) is 2. The topological polar surface area (TPSA) is 54.0 Å². The highest BCUT2D eigenvalue weighted by atomic mass is 35.5. The predicted molar refractivity (Wildman–Crippen MR) is 86.3 cm³/mol. The highest BCUT2D eigenvalue weighted by molar-refractivity contribution is 7.22. The minimum atomic E-state index is -0.296. The van der Waals surface area contributed by atoms with Gasteiger partial charge in [-0.25, -0.2) is 9.78 Å². The van der Waals surface area contributed by atoms with Gasteiger partial charge in [-0.3, -0.25) is 10.6 Å². The maximum Gasteiger partial charge on any atom is 0.326 e. The molecule has 3 rings (SSSR count). The molecule has 0 saturated carbocycles. The number of thiazole rings is 1. The van der Waals surface area contributed by atoms with Crippen molar-refractivity contribution in [2.45, 2.75) is 6.92 Å². The maximum atomic E-state index is 11.8. The van der Waals surface area contributed by atoms with Gasteiger partial charge in [0.05, 0.1) is 15.2 Å². The van der Waals surface area contributed by atoms with Gasteiger partial charge in [-0.1, -0.05) is 22.9 Å². The van der Waals surface area contributed by atoms with Crippen LogP contribution in [-0.4, -0.2) is 11.0 Å². The number of thiophene rings is 1. The molecular weight excluding hydrogens is 314 g/mol. The largest absolute Gasteiger partial charge is 0.326 e. The molecule has 2 amide bonds. The van der Waals surface area contributed by atoms with E-state index >= 15 is 0 Å². The van der Waals surface area contributed by atoms with Gasteiger partial charge in [0.15, 0.2) is 5.13 Å². The van der Waals surface area contributed by atoms with Gasteiger partial charge in [-0.05, 0) is 42.1 Å². The fourth-order valence-corrected chi connectivity index (χ4v) is 3.43. The summed E-state index contributed by atoms with van der Waals surface area (Å²) in [5.74, 6) is 0. The SMILES string of the molecule is Cc1c(Cl)ccc2sc(NC(=O)Nc3cccs3)nc12. The monoisotopic (exact) mass is 323 g/mol. The van der Waals surface area contributed by atoms with Crippen molar-refractivity contribution < 1.29 is 4.79 Å². The van der Waals surface area contributed by atoms with Gasteiger partial charge < -0.3 is 0 Å². The van der Waals surface area contributed by atoms with Crippen molar-refractivity contribution in [1.82, 2.24) is 4.98 Å². The summed E-state index contributed by atoms with van der Waals surface area (Å²) in [7, 11) is 0. The summed E-state index contributed by atoms with van der Waals surface area (Å²) in [6, 6.07) is 7.17. The van der Waals surface area contributed by atoms with Crippen LogP contribution in [0.3, 0.4) is 0 Å². The molecule has 0 radical (unpaired) electrons. The van der Waals surface area contributed by atoms with Crippen molar-refractivity contribution >= 4 is 60.7 Å². The first-order chi connectivity index (χ1) is 9.63. The number of hydrogen-bond acceptors (Lipinski definition) is 4. The third-order valence-electron chi connectivity index (χ3n) is 2.73. The summed E-state index contributed by atoms with van der Waals surface area (Å²) < 4.78 is 0.998. The van der Waals surface area contributed by atoms with Crippen molar-refractivity contribution in [2.75, 3.05) is 10.6 Å². The average molecular weight is 324 g/mol. The Labute approximate surface area is 128 Å². The Kier molecular flexibility index (Phi) is 3.60. The van der Waals surface area contributed by atoms with Crippen LogP contribution < -0.4 is 10.6 Å². The Morgan fingerprint density at radius 3 is 2.90 bits per heavy atom. The molecule has 0 atom stereocenters. The Morgan fingerprint density at radius 1 is 1.30 bits per heavy atom. The second-order valence-electron chi connectivity index (χ2n) is 4.09. The first-order valence-electron chi connectivity index (χ1n) is 5.80. The van der Waals surface area contributed by atoms with Gasteiger partial charge in [0.25, 0.3) is 0 Å². The highest BCUT2D eigenvalue weighted by Gasteiger charge is 2.11. The number of benzene rings is 1. The maximum absolute atomic E-state index is 11.8. The van der Waals surface area contributed by atoms with Crippen molar-refractivity contribution in [3.63, 3.8) is 0 Å². The molecule has 4 nitrogen and oxygen atoms in total. The van der Waals surface area contributed by atoms with Gasteiger partial charge in [0.1, 0.15) is 0 Å². The molecule has 0 aliphatic rings. The van der Waals surface area contributed by atoms with Crippen LogP contribution in [0.2, 0.25) is 5.02 Å². The lowest BCUT2D eigenvalue weighted by Crippen LogP contribution is -2.18. The molecule has 0 unspecified atom stereocenters. The second-order valence-corrected chi connectivity index (χ2v) is 6.48. The van der Waals surface area contributed by atoms with E-state index in [9.17, 15) is 4.79 Å². The number of carbonyl (C=O) groups is 1. The molecule has 2 aromatic heterocycles. The standard InChI is InChI=1S/C13H10ClN3OS2/c1-7-8(14)4-5-9-11(7)16-13(20-9)17-12(18)15-10-3-2-6-19-10/h2-6H,1H3,(H2,15,16,17,18). The normalized spacial score (nSPS) is 10.7. The van der Waals surface area contributed by atoms with Crippen LogP contribution in [0.1, 0.15) is 5.56 Å². The van der Waals surface area contributed by atoms with Crippen molar-refractivity contribution in [2.24, 2.45) is 0 Å². The van der Waals surface area contributed by atoms with Crippen LogP contribution in [0, 0.1) is 6.92 Å². The Bertz CT molecular complexity index is 767. The van der Waals surface area contributed by atoms with E-state index in [-0.39, 0.29) is 6.03 Å². The molecule has 1 aromatic carbocycles. The summed E-state index contributed by atoms with van der Waals surface area (Å²) in [5.41, 5.74) is 1.75. The van der Waals surface area contributed by atoms with E-state index in [1.165, 1.54) is 22.7 Å². The molecular formula is C13H10ClN3OS2. The third kappa shape index (κ3) is 2.63. The van der Waals surface area contributed by atoms with Crippen molar-refractivity contribution in [3.8, 4) is 0 Å². The van der Waals surface area contributed by atoms with E-state index in [2.05, 4.69) is 15.6 Å². The average Bonchev–Trinajstić information content (AvgIpc) is 3.03. The molecule has 2 N–H and O–H groups in total. The van der Waals surface area contributed by atoms with Crippen LogP contribution in [0.25, 0.3) is 10.2 Å². The number of fused-ring (bicyclic) bond motifs is 1. The van der Waals surface area contributed by atoms with Crippen LogP contribution >= 0.6 is 34.3 Å². The molecule has 0 aliphatic carbocycles. The molecule has 2 heterocycles. The Morgan fingerprint density at radius 2 is 2.15 bits per heavy atom. The minimum Gasteiger partial charge on any atom is -0.299 e. The zero-order valence-corrected chi connectivity index (χ0v) is 12.8. The molecule has 102 valence electrons. The third-order valence-corrected chi connectivity index (χ3v) is 4.86. The van der Waals surface area contributed by atoms with Gasteiger partial charge >= 0.3 is 6.03 Å². The summed E-state index contributed by atoms with van der Waals surface area (Å²) in [6.45, 7) is 1.92. The predicted octanol–water partition coefficient (Wildman–Crippen LogP) is 4.96. The molecule has 0 saturated heterocycles. The fraction of sp³-hybridized carbons (Fsp3) is 0.0769. The number of urea groups is 1. The number of nitrogens with one attached hydrogen (secondary N) is 2. The number of aryl methyl sites for hydroxylation is 1. The Hall–Kier alpha value is -1.63. The zero-order chi connectivity index (χ0) is 14.1. The van der Waals surface area contributed by atoms with E-state index in [4.69, 9.17) is 11.6 Å². The number of carbonyl (C=O) groups excluding carboxylic acids is 1. The molecule has 7 heteroatoms. The smallest absolute Gasteiger partial charge is 0.299 e. The number of anilines is 2. The van der Waals surface area contributed by atoms with Crippen LogP contribution in [0.5, 0.6) is 0 Å². The van der Waals surface area contributed by atoms with Gasteiger partial charge in [0.2, 0.25) is 0 Å². The van der Waals surface area contributed by atoms with E-state index in [1.54, 1.807) is 0 Å². The van der Waals surface area contributed by atoms with Crippen LogP contribution in [-0.2, 0) is 0 Å². The van der Waals surface area contributed by atoms with E-state index < -0.39 is 0 Å². The van der Waals surface area contributed by atoms with Crippen molar-refractivity contribution in [1.29, 1.82) is 0 Å². The van der Waals surface area contributed by atoms with Gasteiger partial charge in [0, 0.05) is 5.02 Å². The minimum absolute atomic E-state index is 0.296.